The summed E-state index contributed by atoms with van der Waals surface area (Å²) in [4.78, 5) is 14.2. The van der Waals surface area contributed by atoms with Crippen molar-refractivity contribution in [3.05, 3.63) is 95.8 Å². The number of imidazole rings is 1. The Hall–Kier alpha value is -4.45. The number of nitrogens with one attached hydrogen (secondary N) is 1. The van der Waals surface area contributed by atoms with E-state index >= 15 is 0 Å². The molecule has 0 aliphatic carbocycles. The molecule has 0 unspecified atom stereocenters. The predicted octanol–water partition coefficient (Wildman–Crippen LogP) is 7.80. The molecular formula is C34H35N3O3. The molecule has 6 heteroatoms. The molecule has 1 amide bonds. The van der Waals surface area contributed by atoms with Gasteiger partial charge in [0.2, 0.25) is 0 Å². The smallest absolute Gasteiger partial charge is 0.273 e. The Morgan fingerprint density at radius 3 is 2.30 bits per heavy atom. The summed E-state index contributed by atoms with van der Waals surface area (Å²) in [5, 5.41) is 3.16. The van der Waals surface area contributed by atoms with E-state index in [1.54, 1.807) is 14.2 Å². The molecule has 40 heavy (non-hydrogen) atoms. The zero-order valence-electron chi connectivity index (χ0n) is 23.5. The van der Waals surface area contributed by atoms with E-state index < -0.39 is 0 Å². The Labute approximate surface area is 235 Å². The van der Waals surface area contributed by atoms with Crippen molar-refractivity contribution in [1.29, 1.82) is 0 Å². The normalized spacial score (nSPS) is 12.9. The molecule has 0 saturated heterocycles. The summed E-state index contributed by atoms with van der Waals surface area (Å²) in [6.07, 6.45) is 5.18. The summed E-state index contributed by atoms with van der Waals surface area (Å²) < 4.78 is 15.4. The zero-order valence-corrected chi connectivity index (χ0v) is 23.5. The fourth-order valence-electron chi connectivity index (χ4n) is 5.88. The van der Waals surface area contributed by atoms with E-state index in [-0.39, 0.29) is 5.91 Å². The lowest BCUT2D eigenvalue weighted by Gasteiger charge is -2.13. The monoisotopic (exact) mass is 533 g/mol. The molecule has 0 bridgehead atoms. The molecule has 0 spiro atoms. The van der Waals surface area contributed by atoms with Gasteiger partial charge in [-0.05, 0) is 78.3 Å². The van der Waals surface area contributed by atoms with Crippen molar-refractivity contribution in [1.82, 2.24) is 8.97 Å². The molecule has 0 saturated carbocycles. The highest BCUT2D eigenvalue weighted by atomic mass is 16.5. The molecule has 3 heterocycles. The van der Waals surface area contributed by atoms with Gasteiger partial charge in [-0.15, -0.1) is 0 Å². The highest BCUT2D eigenvalue weighted by Crippen LogP contribution is 2.40. The van der Waals surface area contributed by atoms with Crippen LogP contribution in [0.5, 0.6) is 11.5 Å². The van der Waals surface area contributed by atoms with Gasteiger partial charge in [-0.1, -0.05) is 50.2 Å². The number of para-hydroxylation sites is 2. The van der Waals surface area contributed by atoms with Gasteiger partial charge in [0.1, 0.15) is 22.8 Å². The number of methoxy groups -OCH3 is 2. The molecule has 1 aliphatic rings. The van der Waals surface area contributed by atoms with E-state index in [9.17, 15) is 4.79 Å². The third-order valence-electron chi connectivity index (χ3n) is 7.96. The number of aromatic nitrogens is 2. The molecule has 5 aromatic rings. The highest BCUT2D eigenvalue weighted by molar-refractivity contribution is 6.10. The van der Waals surface area contributed by atoms with E-state index in [0.717, 1.165) is 59.6 Å². The minimum absolute atomic E-state index is 0.160. The topological polar surface area (TPSA) is 56.9 Å². The highest BCUT2D eigenvalue weighted by Gasteiger charge is 2.30. The first kappa shape index (κ1) is 25.8. The lowest BCUT2D eigenvalue weighted by Crippen LogP contribution is -2.16. The summed E-state index contributed by atoms with van der Waals surface area (Å²) in [6, 6.07) is 24.4. The van der Waals surface area contributed by atoms with Crippen LogP contribution in [0.25, 0.3) is 28.0 Å². The Morgan fingerprint density at radius 1 is 0.875 bits per heavy atom. The number of amides is 1. The van der Waals surface area contributed by atoms with Crippen LogP contribution in [0, 0.1) is 0 Å². The van der Waals surface area contributed by atoms with Gasteiger partial charge in [0.25, 0.3) is 5.91 Å². The van der Waals surface area contributed by atoms with E-state index in [2.05, 4.69) is 70.7 Å². The van der Waals surface area contributed by atoms with Gasteiger partial charge in [-0.2, -0.15) is 0 Å². The van der Waals surface area contributed by atoms with Crippen molar-refractivity contribution in [3.8, 4) is 33.9 Å². The Kier molecular flexibility index (Phi) is 6.84. The summed E-state index contributed by atoms with van der Waals surface area (Å²) in [7, 11) is 3.30. The predicted molar refractivity (Wildman–Crippen MR) is 161 cm³/mol. The number of carbonyl (C=O) groups excluding carboxylic acids is 1. The van der Waals surface area contributed by atoms with Crippen LogP contribution in [0.2, 0.25) is 0 Å². The van der Waals surface area contributed by atoms with Crippen LogP contribution in [0.4, 0.5) is 5.69 Å². The van der Waals surface area contributed by atoms with Crippen LogP contribution in [-0.4, -0.2) is 29.1 Å². The maximum Gasteiger partial charge on any atom is 0.273 e. The first-order chi connectivity index (χ1) is 19.5. The largest absolute Gasteiger partial charge is 0.497 e. The molecular weight excluding hydrogens is 498 g/mol. The van der Waals surface area contributed by atoms with E-state index in [1.807, 2.05) is 36.4 Å². The second-order valence-corrected chi connectivity index (χ2v) is 10.7. The number of benzene rings is 3. The Bertz CT molecular complexity index is 1670. The van der Waals surface area contributed by atoms with Crippen molar-refractivity contribution >= 4 is 17.2 Å². The van der Waals surface area contributed by atoms with Gasteiger partial charge in [0, 0.05) is 23.9 Å². The molecule has 1 N–H and O–H groups in total. The average Bonchev–Trinajstić information content (AvgIpc) is 3.40. The Morgan fingerprint density at radius 2 is 1.60 bits per heavy atom. The lowest BCUT2D eigenvalue weighted by atomic mass is 9.95. The fourth-order valence-corrected chi connectivity index (χ4v) is 5.88. The van der Waals surface area contributed by atoms with Crippen LogP contribution in [-0.2, 0) is 13.0 Å². The molecule has 0 atom stereocenters. The number of ether oxygens (including phenoxy) is 2. The number of carbonyl (C=O) groups is 1. The van der Waals surface area contributed by atoms with Gasteiger partial charge in [-0.25, -0.2) is 0 Å². The number of nitrogens with zero attached hydrogens (tertiary/aromatic N) is 2. The summed E-state index contributed by atoms with van der Waals surface area (Å²) >= 11 is 0. The van der Waals surface area contributed by atoms with Crippen molar-refractivity contribution in [2.75, 3.05) is 19.5 Å². The summed E-state index contributed by atoms with van der Waals surface area (Å²) in [5.41, 5.74) is 9.14. The first-order valence-electron chi connectivity index (χ1n) is 14.0. The quantitative estimate of drug-likeness (QED) is 0.232. The number of aryl methyl sites for hydroxylation is 2. The van der Waals surface area contributed by atoms with E-state index in [4.69, 9.17) is 9.47 Å². The van der Waals surface area contributed by atoms with Crippen LogP contribution in [0.3, 0.4) is 0 Å². The second kappa shape index (κ2) is 10.6. The number of anilines is 1. The zero-order chi connectivity index (χ0) is 27.8. The van der Waals surface area contributed by atoms with E-state index in [1.165, 1.54) is 11.1 Å². The van der Waals surface area contributed by atoms with Crippen LogP contribution >= 0.6 is 0 Å². The van der Waals surface area contributed by atoms with Crippen molar-refractivity contribution in [2.24, 2.45) is 0 Å². The van der Waals surface area contributed by atoms with Crippen LogP contribution in [0.1, 0.15) is 54.2 Å². The van der Waals surface area contributed by atoms with Crippen molar-refractivity contribution in [2.45, 2.75) is 45.6 Å². The molecule has 2 aromatic heterocycles. The third-order valence-corrected chi connectivity index (χ3v) is 7.96. The minimum atomic E-state index is -0.160. The maximum atomic E-state index is 14.2. The molecule has 204 valence electrons. The molecule has 6 rings (SSSR count). The third kappa shape index (κ3) is 4.43. The van der Waals surface area contributed by atoms with Gasteiger partial charge < -0.3 is 19.4 Å². The number of hydrogen-bond acceptors (Lipinski definition) is 3. The number of rotatable bonds is 7. The fraction of sp³-hybridized carbons (Fsp3) is 0.265. The second-order valence-electron chi connectivity index (χ2n) is 10.7. The van der Waals surface area contributed by atoms with Gasteiger partial charge in [0.15, 0.2) is 0 Å². The Balaban J connectivity index is 1.58. The van der Waals surface area contributed by atoms with Crippen LogP contribution in [0.15, 0.2) is 79.0 Å². The van der Waals surface area contributed by atoms with Crippen molar-refractivity contribution < 1.29 is 14.3 Å². The SMILES string of the molecule is COc1ccc(-c2cn3c(C(=O)Nc4ccccc4OC)c(-c4ccc(C(C)C)cc4)c4c3n2CCCC4)cc1. The lowest BCUT2D eigenvalue weighted by molar-refractivity contribution is 0.102. The molecule has 0 radical (unpaired) electrons. The molecule has 1 aliphatic heterocycles. The standard InChI is InChI=1S/C34H35N3O3/c1-22(2)23-12-14-25(15-13-23)31-27-9-7-8-20-36-29(24-16-18-26(39-3)19-17-24)21-37(34(27)36)32(31)33(38)35-28-10-5-6-11-30(28)40-4/h5-6,10-19,21-22H,7-9,20H2,1-4H3,(H,35,38). The van der Waals surface area contributed by atoms with E-state index in [0.29, 0.717) is 23.0 Å². The summed E-state index contributed by atoms with van der Waals surface area (Å²) in [5.74, 6) is 1.73. The van der Waals surface area contributed by atoms with Gasteiger partial charge in [0.05, 0.1) is 25.6 Å². The van der Waals surface area contributed by atoms with Gasteiger partial charge in [-0.3, -0.25) is 9.20 Å². The first-order valence-corrected chi connectivity index (χ1v) is 14.0. The minimum Gasteiger partial charge on any atom is -0.497 e. The van der Waals surface area contributed by atoms with Crippen molar-refractivity contribution in [3.63, 3.8) is 0 Å². The molecule has 0 fully saturated rings. The average molecular weight is 534 g/mol. The number of hydrogen-bond donors (Lipinski definition) is 1. The molecule has 6 nitrogen and oxygen atoms in total. The maximum absolute atomic E-state index is 14.2. The summed E-state index contributed by atoms with van der Waals surface area (Å²) in [6.45, 7) is 5.30. The van der Waals surface area contributed by atoms with Gasteiger partial charge >= 0.3 is 0 Å². The van der Waals surface area contributed by atoms with Crippen LogP contribution < -0.4 is 14.8 Å². The molecule has 3 aromatic carbocycles.